The molecule has 1 aromatic carbocycles. The molecule has 3 N–H and O–H groups in total. The zero-order valence-corrected chi connectivity index (χ0v) is 11.8. The first kappa shape index (κ1) is 16.9. The van der Waals surface area contributed by atoms with Crippen LogP contribution in [0.25, 0.3) is 6.08 Å². The quantitative estimate of drug-likeness (QED) is 0.655. The van der Waals surface area contributed by atoms with E-state index in [1.54, 1.807) is 30.3 Å². The average molecular weight is 313 g/mol. The van der Waals surface area contributed by atoms with Gasteiger partial charge in [-0.25, -0.2) is 8.42 Å². The van der Waals surface area contributed by atoms with Crippen molar-refractivity contribution in [3.63, 3.8) is 0 Å². The molecule has 0 radical (unpaired) electrons. The number of benzene rings is 1. The zero-order chi connectivity index (χ0) is 15.9. The van der Waals surface area contributed by atoms with Crippen LogP contribution in [0.2, 0.25) is 0 Å². The van der Waals surface area contributed by atoms with Gasteiger partial charge in [0.15, 0.2) is 0 Å². The molecule has 0 heterocycles. The van der Waals surface area contributed by atoms with E-state index in [4.69, 9.17) is 10.2 Å². The van der Waals surface area contributed by atoms with Gasteiger partial charge in [-0.2, -0.15) is 4.72 Å². The monoisotopic (exact) mass is 313 g/mol. The van der Waals surface area contributed by atoms with Gasteiger partial charge in [-0.15, -0.1) is 0 Å². The maximum Gasteiger partial charge on any atom is 0.321 e. The van der Waals surface area contributed by atoms with Crippen molar-refractivity contribution in [3.8, 4) is 0 Å². The number of aliphatic carboxylic acids is 2. The van der Waals surface area contributed by atoms with Gasteiger partial charge < -0.3 is 10.2 Å². The Hall–Kier alpha value is -2.19. The summed E-state index contributed by atoms with van der Waals surface area (Å²) in [5.41, 5.74) is 0.639. The van der Waals surface area contributed by atoms with E-state index in [9.17, 15) is 18.0 Å². The third kappa shape index (κ3) is 6.68. The SMILES string of the molecule is O=C(O)CC[C@H](NS(=O)(=O)/C=C/c1ccccc1)C(=O)O. The van der Waals surface area contributed by atoms with Crippen LogP contribution in [0.4, 0.5) is 0 Å². The maximum absolute atomic E-state index is 11.8. The molecule has 7 nitrogen and oxygen atoms in total. The minimum atomic E-state index is -3.98. The number of rotatable bonds is 8. The van der Waals surface area contributed by atoms with Crippen LogP contribution in [-0.2, 0) is 19.6 Å². The molecule has 0 aliphatic rings. The van der Waals surface area contributed by atoms with Gasteiger partial charge in [0.05, 0.1) is 0 Å². The number of hydrogen-bond donors (Lipinski definition) is 3. The summed E-state index contributed by atoms with van der Waals surface area (Å²) < 4.78 is 25.5. The Kier molecular flexibility index (Phi) is 6.07. The average Bonchev–Trinajstić information content (AvgIpc) is 2.42. The van der Waals surface area contributed by atoms with Crippen LogP contribution in [-0.4, -0.2) is 36.6 Å². The van der Waals surface area contributed by atoms with Crippen LogP contribution >= 0.6 is 0 Å². The van der Waals surface area contributed by atoms with Gasteiger partial charge in [0, 0.05) is 11.8 Å². The maximum atomic E-state index is 11.8. The first-order valence-electron chi connectivity index (χ1n) is 6.00. The lowest BCUT2D eigenvalue weighted by molar-refractivity contribution is -0.140. The van der Waals surface area contributed by atoms with E-state index in [2.05, 4.69) is 0 Å². The second kappa shape index (κ2) is 7.55. The number of sulfonamides is 1. The van der Waals surface area contributed by atoms with Crippen LogP contribution in [0.1, 0.15) is 18.4 Å². The summed E-state index contributed by atoms with van der Waals surface area (Å²) in [6, 6.07) is 7.12. The number of hydrogen-bond acceptors (Lipinski definition) is 4. The van der Waals surface area contributed by atoms with Crippen LogP contribution in [0.5, 0.6) is 0 Å². The van der Waals surface area contributed by atoms with E-state index < -0.39 is 34.4 Å². The molecule has 8 heteroatoms. The first-order valence-corrected chi connectivity index (χ1v) is 7.55. The summed E-state index contributed by atoms with van der Waals surface area (Å²) in [5, 5.41) is 18.2. The number of carbonyl (C=O) groups is 2. The highest BCUT2D eigenvalue weighted by Gasteiger charge is 2.23. The van der Waals surface area contributed by atoms with Crippen molar-refractivity contribution >= 4 is 28.0 Å². The van der Waals surface area contributed by atoms with E-state index in [0.29, 0.717) is 5.56 Å². The van der Waals surface area contributed by atoms with Crippen LogP contribution < -0.4 is 4.72 Å². The molecular formula is C13H15NO6S. The fourth-order valence-corrected chi connectivity index (χ4v) is 2.50. The van der Waals surface area contributed by atoms with Gasteiger partial charge in [0.2, 0.25) is 10.0 Å². The second-order valence-corrected chi connectivity index (χ2v) is 5.80. The Bertz CT molecular complexity index is 623. The van der Waals surface area contributed by atoms with Gasteiger partial charge in [-0.1, -0.05) is 30.3 Å². The van der Waals surface area contributed by atoms with Crippen molar-refractivity contribution in [2.24, 2.45) is 0 Å². The lowest BCUT2D eigenvalue weighted by Gasteiger charge is -2.11. The summed E-state index contributed by atoms with van der Waals surface area (Å²) in [4.78, 5) is 21.3. The summed E-state index contributed by atoms with van der Waals surface area (Å²) >= 11 is 0. The molecule has 0 bridgehead atoms. The van der Waals surface area contributed by atoms with E-state index in [1.807, 2.05) is 4.72 Å². The Morgan fingerprint density at radius 3 is 2.33 bits per heavy atom. The van der Waals surface area contributed by atoms with Crippen molar-refractivity contribution in [2.45, 2.75) is 18.9 Å². The lowest BCUT2D eigenvalue weighted by Crippen LogP contribution is -2.40. The smallest absolute Gasteiger partial charge is 0.321 e. The minimum absolute atomic E-state index is 0.330. The summed E-state index contributed by atoms with van der Waals surface area (Å²) in [5.74, 6) is -2.62. The Labute approximate surface area is 122 Å². The Morgan fingerprint density at radius 2 is 1.81 bits per heavy atom. The predicted octanol–water partition coefficient (Wildman–Crippen LogP) is 0.895. The topological polar surface area (TPSA) is 121 Å². The summed E-state index contributed by atoms with van der Waals surface area (Å²) in [6.07, 6.45) is 0.545. The number of nitrogens with one attached hydrogen (secondary N) is 1. The lowest BCUT2D eigenvalue weighted by atomic mass is 10.2. The largest absolute Gasteiger partial charge is 0.481 e. The van der Waals surface area contributed by atoms with Crippen LogP contribution in [0.15, 0.2) is 35.7 Å². The molecular weight excluding hydrogens is 298 g/mol. The summed E-state index contributed by atoms with van der Waals surface area (Å²) in [7, 11) is -3.98. The Balaban J connectivity index is 2.74. The number of carboxylic acid groups (broad SMARTS) is 2. The highest BCUT2D eigenvalue weighted by atomic mass is 32.2. The molecule has 0 aliphatic carbocycles. The fourth-order valence-electron chi connectivity index (χ4n) is 1.47. The Morgan fingerprint density at radius 1 is 1.19 bits per heavy atom. The van der Waals surface area contributed by atoms with E-state index in [0.717, 1.165) is 5.41 Å². The summed E-state index contributed by atoms with van der Waals surface area (Å²) in [6.45, 7) is 0. The third-order valence-corrected chi connectivity index (χ3v) is 3.60. The van der Waals surface area contributed by atoms with Crippen LogP contribution in [0, 0.1) is 0 Å². The molecule has 0 aliphatic heterocycles. The zero-order valence-electron chi connectivity index (χ0n) is 11.0. The molecule has 0 saturated heterocycles. The van der Waals surface area contributed by atoms with Gasteiger partial charge in [-0.05, 0) is 18.1 Å². The van der Waals surface area contributed by atoms with Crippen LogP contribution in [0.3, 0.4) is 0 Å². The van der Waals surface area contributed by atoms with Crippen molar-refractivity contribution in [1.82, 2.24) is 4.72 Å². The minimum Gasteiger partial charge on any atom is -0.481 e. The van der Waals surface area contributed by atoms with Crippen molar-refractivity contribution < 1.29 is 28.2 Å². The molecule has 1 aromatic rings. The fraction of sp³-hybridized carbons (Fsp3) is 0.231. The molecule has 0 unspecified atom stereocenters. The molecule has 0 saturated carbocycles. The predicted molar refractivity (Wildman–Crippen MR) is 75.8 cm³/mol. The second-order valence-electron chi connectivity index (χ2n) is 4.20. The van der Waals surface area contributed by atoms with Gasteiger partial charge in [0.25, 0.3) is 0 Å². The molecule has 0 fully saturated rings. The molecule has 1 rings (SSSR count). The van der Waals surface area contributed by atoms with Crippen molar-refractivity contribution in [3.05, 3.63) is 41.3 Å². The first-order chi connectivity index (χ1) is 9.80. The standard InChI is InChI=1S/C13H15NO6S/c15-12(16)7-6-11(13(17)18)14-21(19,20)9-8-10-4-2-1-3-5-10/h1-5,8-9,11,14H,6-7H2,(H,15,16)(H,17,18)/b9-8+/t11-/m0/s1. The molecule has 0 amide bonds. The van der Waals surface area contributed by atoms with Gasteiger partial charge >= 0.3 is 11.9 Å². The van der Waals surface area contributed by atoms with E-state index >= 15 is 0 Å². The van der Waals surface area contributed by atoms with E-state index in [-0.39, 0.29) is 6.42 Å². The molecule has 0 spiro atoms. The van der Waals surface area contributed by atoms with Crippen molar-refractivity contribution in [2.75, 3.05) is 0 Å². The molecule has 1 atom stereocenters. The molecule has 0 aromatic heterocycles. The highest BCUT2D eigenvalue weighted by Crippen LogP contribution is 2.05. The molecule has 114 valence electrons. The van der Waals surface area contributed by atoms with E-state index in [1.165, 1.54) is 6.08 Å². The normalized spacial score (nSPS) is 13.1. The highest BCUT2D eigenvalue weighted by molar-refractivity contribution is 7.92. The van der Waals surface area contributed by atoms with Crippen molar-refractivity contribution in [1.29, 1.82) is 0 Å². The van der Waals surface area contributed by atoms with Gasteiger partial charge in [-0.3, -0.25) is 9.59 Å². The molecule has 21 heavy (non-hydrogen) atoms. The number of carboxylic acids is 2. The van der Waals surface area contributed by atoms with Gasteiger partial charge in [0.1, 0.15) is 6.04 Å². The third-order valence-electron chi connectivity index (χ3n) is 2.49.